The first-order valence-corrected chi connectivity index (χ1v) is 8.68. The van der Waals surface area contributed by atoms with Gasteiger partial charge >= 0.3 is 0 Å². The molecule has 0 aliphatic carbocycles. The zero-order chi connectivity index (χ0) is 16.7. The Morgan fingerprint density at radius 2 is 1.95 bits per heavy atom. The summed E-state index contributed by atoms with van der Waals surface area (Å²) >= 11 is 6.08. The summed E-state index contributed by atoms with van der Waals surface area (Å²) < 4.78 is 24.5. The van der Waals surface area contributed by atoms with Crippen LogP contribution in [0.15, 0.2) is 18.2 Å². The molecule has 1 aromatic rings. The van der Waals surface area contributed by atoms with Crippen LogP contribution in [-0.4, -0.2) is 31.5 Å². The van der Waals surface area contributed by atoms with E-state index >= 15 is 0 Å². The Morgan fingerprint density at radius 1 is 1.32 bits per heavy atom. The summed E-state index contributed by atoms with van der Waals surface area (Å²) in [6.07, 6.45) is -0.0494. The third-order valence-electron chi connectivity index (χ3n) is 3.00. The highest BCUT2D eigenvalue weighted by atomic mass is 35.5. The van der Waals surface area contributed by atoms with Crippen LogP contribution in [0.25, 0.3) is 0 Å². The molecule has 0 aromatic heterocycles. The normalized spacial score (nSPS) is 17.6. The largest absolute Gasteiger partial charge is 0.347 e. The molecule has 0 radical (unpaired) electrons. The molecule has 1 aliphatic rings. The van der Waals surface area contributed by atoms with E-state index in [1.165, 1.54) is 18.2 Å². The maximum absolute atomic E-state index is 12.1. The summed E-state index contributed by atoms with van der Waals surface area (Å²) in [7, 11) is -3.64. The van der Waals surface area contributed by atoms with Gasteiger partial charge in [0, 0.05) is 12.0 Å². The maximum Gasteiger partial charge on any atom is 0.253 e. The van der Waals surface area contributed by atoms with Crippen LogP contribution in [0.3, 0.4) is 0 Å². The monoisotopic (exact) mass is 344 g/mol. The summed E-state index contributed by atoms with van der Waals surface area (Å²) in [5.41, 5.74) is -0.0444. The molecule has 0 saturated carbocycles. The number of nitrogens with zero attached hydrogens (tertiary/aromatic N) is 1. The van der Waals surface area contributed by atoms with Gasteiger partial charge < -0.3 is 5.32 Å². The van der Waals surface area contributed by atoms with Crippen molar-refractivity contribution < 1.29 is 18.0 Å². The van der Waals surface area contributed by atoms with Gasteiger partial charge in [-0.2, -0.15) is 0 Å². The first-order chi connectivity index (χ1) is 10.0. The second-order valence-electron chi connectivity index (χ2n) is 6.09. The molecule has 8 heteroatoms. The Bertz CT molecular complexity index is 738. The van der Waals surface area contributed by atoms with Gasteiger partial charge in [0.1, 0.15) is 0 Å². The van der Waals surface area contributed by atoms with E-state index in [0.29, 0.717) is 0 Å². The van der Waals surface area contributed by atoms with Gasteiger partial charge in [0.15, 0.2) is 0 Å². The van der Waals surface area contributed by atoms with Crippen molar-refractivity contribution in [1.82, 2.24) is 5.32 Å². The van der Waals surface area contributed by atoms with E-state index in [1.54, 1.807) is 0 Å². The fourth-order valence-electron chi connectivity index (χ4n) is 2.09. The molecule has 0 unspecified atom stereocenters. The molecule has 1 aliphatic heterocycles. The van der Waals surface area contributed by atoms with Gasteiger partial charge in [-0.3, -0.25) is 9.59 Å². The van der Waals surface area contributed by atoms with Crippen LogP contribution >= 0.6 is 11.6 Å². The van der Waals surface area contributed by atoms with E-state index < -0.39 is 21.5 Å². The Balaban J connectivity index is 2.35. The van der Waals surface area contributed by atoms with E-state index in [-0.39, 0.29) is 34.4 Å². The van der Waals surface area contributed by atoms with Gasteiger partial charge in [-0.25, -0.2) is 12.7 Å². The first-order valence-electron chi connectivity index (χ1n) is 6.69. The molecule has 2 rings (SSSR count). The van der Waals surface area contributed by atoms with E-state index in [2.05, 4.69) is 5.32 Å². The van der Waals surface area contributed by atoms with Crippen LogP contribution in [0.1, 0.15) is 37.6 Å². The number of benzene rings is 1. The van der Waals surface area contributed by atoms with Gasteiger partial charge in [-0.15, -0.1) is 0 Å². The van der Waals surface area contributed by atoms with Crippen LogP contribution in [0.5, 0.6) is 0 Å². The van der Waals surface area contributed by atoms with Crippen molar-refractivity contribution in [3.05, 3.63) is 28.8 Å². The minimum atomic E-state index is -3.64. The number of halogens is 1. The van der Waals surface area contributed by atoms with Crippen LogP contribution < -0.4 is 9.62 Å². The smallest absolute Gasteiger partial charge is 0.253 e. The predicted octanol–water partition coefficient (Wildman–Crippen LogP) is 1.93. The van der Waals surface area contributed by atoms with Crippen molar-refractivity contribution in [2.24, 2.45) is 0 Å². The van der Waals surface area contributed by atoms with Crippen LogP contribution in [-0.2, 0) is 14.8 Å². The van der Waals surface area contributed by atoms with Gasteiger partial charge in [0.2, 0.25) is 15.9 Å². The Labute approximate surface area is 134 Å². The zero-order valence-corrected chi connectivity index (χ0v) is 14.1. The van der Waals surface area contributed by atoms with E-state index in [9.17, 15) is 18.0 Å². The minimum absolute atomic E-state index is 0.0494. The highest BCUT2D eigenvalue weighted by Crippen LogP contribution is 2.29. The second kappa shape index (κ2) is 5.55. The number of nitrogens with one attached hydrogen (secondary N) is 1. The lowest BCUT2D eigenvalue weighted by molar-refractivity contribution is -0.116. The molecular formula is C14H17ClN2O4S. The summed E-state index contributed by atoms with van der Waals surface area (Å²) in [5.74, 6) is -1.07. The highest BCUT2D eigenvalue weighted by molar-refractivity contribution is 7.94. The molecule has 0 spiro atoms. The number of carbonyl (C=O) groups excluding carboxylic acids is 2. The number of amides is 2. The third-order valence-corrected chi connectivity index (χ3v) is 5.00. The summed E-state index contributed by atoms with van der Waals surface area (Å²) in [4.78, 5) is 23.8. The van der Waals surface area contributed by atoms with Gasteiger partial charge in [0.25, 0.3) is 5.91 Å². The fourth-order valence-corrected chi connectivity index (χ4v) is 3.80. The number of hydrogen-bond donors (Lipinski definition) is 1. The minimum Gasteiger partial charge on any atom is -0.347 e. The summed E-state index contributed by atoms with van der Waals surface area (Å²) in [5, 5.41) is 2.86. The van der Waals surface area contributed by atoms with Crippen LogP contribution in [0.2, 0.25) is 5.02 Å². The number of rotatable bonds is 2. The number of sulfonamides is 1. The molecule has 1 N–H and O–H groups in total. The first kappa shape index (κ1) is 16.8. The van der Waals surface area contributed by atoms with Crippen molar-refractivity contribution in [1.29, 1.82) is 0 Å². The summed E-state index contributed by atoms with van der Waals surface area (Å²) in [6.45, 7) is 5.51. The van der Waals surface area contributed by atoms with Gasteiger partial charge in [-0.1, -0.05) is 11.6 Å². The molecular weight excluding hydrogens is 328 g/mol. The van der Waals surface area contributed by atoms with Crippen molar-refractivity contribution in [3.63, 3.8) is 0 Å². The Morgan fingerprint density at radius 3 is 2.41 bits per heavy atom. The Hall–Kier alpha value is -1.60. The average Bonchev–Trinajstić information content (AvgIpc) is 2.60. The molecule has 1 fully saturated rings. The van der Waals surface area contributed by atoms with Crippen molar-refractivity contribution in [2.45, 2.75) is 32.7 Å². The van der Waals surface area contributed by atoms with Gasteiger partial charge in [0.05, 0.1) is 22.0 Å². The lowest BCUT2D eigenvalue weighted by atomic mass is 10.1. The molecule has 2 amide bonds. The molecule has 1 heterocycles. The molecule has 1 saturated heterocycles. The van der Waals surface area contributed by atoms with E-state index in [1.807, 2.05) is 20.8 Å². The lowest BCUT2D eigenvalue weighted by Crippen LogP contribution is -2.40. The molecule has 0 atom stereocenters. The predicted molar refractivity (Wildman–Crippen MR) is 84.6 cm³/mol. The lowest BCUT2D eigenvalue weighted by Gasteiger charge is -2.21. The quantitative estimate of drug-likeness (QED) is 0.888. The molecule has 1 aromatic carbocycles. The SMILES string of the molecule is CC(C)(C)NC(=O)c1ccc(N2C(=O)CCS2(=O)=O)cc1Cl. The topological polar surface area (TPSA) is 83.6 Å². The fraction of sp³-hybridized carbons (Fsp3) is 0.429. The molecule has 0 bridgehead atoms. The second-order valence-corrected chi connectivity index (χ2v) is 8.44. The summed E-state index contributed by atoms with van der Waals surface area (Å²) in [6, 6.07) is 4.14. The van der Waals surface area contributed by atoms with Crippen molar-refractivity contribution >= 4 is 39.1 Å². The third kappa shape index (κ3) is 3.41. The average molecular weight is 345 g/mol. The van der Waals surface area contributed by atoms with E-state index in [4.69, 9.17) is 11.6 Å². The van der Waals surface area contributed by atoms with E-state index in [0.717, 1.165) is 4.31 Å². The molecule has 22 heavy (non-hydrogen) atoms. The van der Waals surface area contributed by atoms with Gasteiger partial charge in [-0.05, 0) is 39.0 Å². The maximum atomic E-state index is 12.1. The zero-order valence-electron chi connectivity index (χ0n) is 12.5. The number of carbonyl (C=O) groups is 2. The van der Waals surface area contributed by atoms with Crippen LogP contribution in [0.4, 0.5) is 5.69 Å². The standard InChI is InChI=1S/C14H17ClN2O4S/c1-14(2,3)16-13(19)10-5-4-9(8-11(10)15)17-12(18)6-7-22(17,20)21/h4-5,8H,6-7H2,1-3H3,(H,16,19). The highest BCUT2D eigenvalue weighted by Gasteiger charge is 2.36. The number of anilines is 1. The van der Waals surface area contributed by atoms with Crippen LogP contribution in [0, 0.1) is 0 Å². The molecule has 6 nitrogen and oxygen atoms in total. The molecule has 120 valence electrons. The van der Waals surface area contributed by atoms with Crippen molar-refractivity contribution in [3.8, 4) is 0 Å². The Kier molecular flexibility index (Phi) is 4.23. The number of hydrogen-bond acceptors (Lipinski definition) is 4. The van der Waals surface area contributed by atoms with Crippen molar-refractivity contribution in [2.75, 3.05) is 10.1 Å².